The maximum absolute atomic E-state index is 12.2. The Labute approximate surface area is 135 Å². The van der Waals surface area contributed by atoms with Crippen LogP contribution in [-0.4, -0.2) is 29.0 Å². The Balaban J connectivity index is 3.03. The molecule has 0 aromatic heterocycles. The number of benzene rings is 1. The third-order valence-electron chi connectivity index (χ3n) is 2.63. The first-order valence-corrected chi connectivity index (χ1v) is 7.19. The maximum atomic E-state index is 12.2. The van der Waals surface area contributed by atoms with E-state index >= 15 is 0 Å². The van der Waals surface area contributed by atoms with Crippen molar-refractivity contribution in [2.24, 2.45) is 10.7 Å². The fraction of sp³-hybridized carbons (Fsp3) is 0.400. The molecule has 0 aliphatic carbocycles. The number of hydrogen-bond donors (Lipinski definition) is 2. The topological polar surface area (TPSA) is 94.5 Å². The second kappa shape index (κ2) is 7.14. The molecule has 0 saturated carbocycles. The normalized spacial score (nSPS) is 11.7. The Morgan fingerprint density at radius 1 is 1.50 bits per heavy atom. The van der Waals surface area contributed by atoms with Crippen LogP contribution in [0.25, 0.3) is 0 Å². The summed E-state index contributed by atoms with van der Waals surface area (Å²) in [5.41, 5.74) is 6.37. The van der Waals surface area contributed by atoms with Gasteiger partial charge in [0.2, 0.25) is 5.96 Å². The van der Waals surface area contributed by atoms with Gasteiger partial charge in [0.1, 0.15) is 0 Å². The van der Waals surface area contributed by atoms with Crippen LogP contribution in [0.4, 0.5) is 10.5 Å². The summed E-state index contributed by atoms with van der Waals surface area (Å²) >= 11 is 6.05. The lowest BCUT2D eigenvalue weighted by molar-refractivity contribution is 0.212. The molecule has 22 heavy (non-hydrogen) atoms. The third-order valence-corrected chi connectivity index (χ3v) is 2.93. The Morgan fingerprint density at radius 3 is 2.59 bits per heavy atom. The summed E-state index contributed by atoms with van der Waals surface area (Å²) in [5, 5.41) is 11.9. The van der Waals surface area contributed by atoms with Gasteiger partial charge in [0.15, 0.2) is 0 Å². The monoisotopic (exact) mass is 321 g/mol. The van der Waals surface area contributed by atoms with Crippen LogP contribution in [0.5, 0.6) is 0 Å². The van der Waals surface area contributed by atoms with Crippen LogP contribution < -0.4 is 11.1 Å². The molecule has 0 radical (unpaired) electrons. The highest BCUT2D eigenvalue weighted by molar-refractivity contribution is 6.33. The minimum absolute atomic E-state index is 0.0378. The van der Waals surface area contributed by atoms with Gasteiger partial charge >= 0.3 is 6.03 Å². The number of guanidine groups is 1. The lowest BCUT2D eigenvalue weighted by Crippen LogP contribution is -2.52. The van der Waals surface area contributed by atoms with E-state index in [1.54, 1.807) is 19.1 Å². The number of nitrogens with zero attached hydrogens (tertiary/aromatic N) is 3. The highest BCUT2D eigenvalue weighted by atomic mass is 35.5. The van der Waals surface area contributed by atoms with Gasteiger partial charge in [-0.25, -0.2) is 9.79 Å². The zero-order chi connectivity index (χ0) is 16.9. The van der Waals surface area contributed by atoms with E-state index in [1.165, 1.54) is 11.0 Å². The maximum Gasteiger partial charge on any atom is 0.324 e. The van der Waals surface area contributed by atoms with E-state index in [9.17, 15) is 4.79 Å². The van der Waals surface area contributed by atoms with Crippen LogP contribution in [0.2, 0.25) is 5.02 Å². The van der Waals surface area contributed by atoms with Crippen molar-refractivity contribution in [1.29, 1.82) is 5.26 Å². The van der Waals surface area contributed by atoms with Gasteiger partial charge in [-0.05, 0) is 45.9 Å². The number of halogens is 1. The molecule has 0 aliphatic rings. The van der Waals surface area contributed by atoms with Crippen LogP contribution in [0.1, 0.15) is 33.3 Å². The largest absolute Gasteiger partial charge is 0.369 e. The minimum atomic E-state index is -0.378. The van der Waals surface area contributed by atoms with Crippen molar-refractivity contribution < 1.29 is 4.79 Å². The summed E-state index contributed by atoms with van der Waals surface area (Å²) in [5.74, 6) is 0.0378. The van der Waals surface area contributed by atoms with Gasteiger partial charge in [0.25, 0.3) is 0 Å². The van der Waals surface area contributed by atoms with E-state index < -0.39 is 0 Å². The second-order valence-corrected chi connectivity index (χ2v) is 6.08. The molecule has 1 aromatic rings. The smallest absolute Gasteiger partial charge is 0.324 e. The lowest BCUT2D eigenvalue weighted by Gasteiger charge is -2.26. The summed E-state index contributed by atoms with van der Waals surface area (Å²) in [6, 6.07) is 6.33. The summed E-state index contributed by atoms with van der Waals surface area (Å²) < 4.78 is 0. The SMILES string of the molecule is CCN(C(=O)NC(C)(C)C)C(N)=Nc1ccc(C#N)cc1Cl. The molecule has 2 amide bonds. The zero-order valence-corrected chi connectivity index (χ0v) is 13.9. The quantitative estimate of drug-likeness (QED) is 0.647. The van der Waals surface area contributed by atoms with Crippen LogP contribution in [0.3, 0.4) is 0 Å². The number of nitrogens with one attached hydrogen (secondary N) is 1. The van der Waals surface area contributed by atoms with E-state index in [1.807, 2.05) is 26.8 Å². The Morgan fingerprint density at radius 2 is 2.14 bits per heavy atom. The first-order chi connectivity index (χ1) is 10.2. The third kappa shape index (κ3) is 4.93. The van der Waals surface area contributed by atoms with Crippen molar-refractivity contribution >= 4 is 29.3 Å². The van der Waals surface area contributed by atoms with E-state index in [0.29, 0.717) is 22.8 Å². The molecule has 1 aromatic carbocycles. The molecule has 0 saturated heterocycles. The summed E-state index contributed by atoms with van der Waals surface area (Å²) in [7, 11) is 0. The van der Waals surface area contributed by atoms with Gasteiger partial charge in [-0.15, -0.1) is 0 Å². The van der Waals surface area contributed by atoms with Crippen LogP contribution >= 0.6 is 11.6 Å². The molecule has 7 heteroatoms. The minimum Gasteiger partial charge on any atom is -0.369 e. The number of carbonyl (C=O) groups is 1. The number of nitrogens with two attached hydrogens (primary N) is 1. The van der Waals surface area contributed by atoms with Gasteiger partial charge in [0.05, 0.1) is 22.3 Å². The van der Waals surface area contributed by atoms with Crippen molar-refractivity contribution in [3.63, 3.8) is 0 Å². The first-order valence-electron chi connectivity index (χ1n) is 6.81. The molecule has 0 atom stereocenters. The molecule has 0 fully saturated rings. The van der Waals surface area contributed by atoms with Crippen molar-refractivity contribution in [1.82, 2.24) is 10.2 Å². The van der Waals surface area contributed by atoms with Crippen LogP contribution in [-0.2, 0) is 0 Å². The number of aliphatic imine (C=N–C) groups is 1. The van der Waals surface area contributed by atoms with Gasteiger partial charge < -0.3 is 11.1 Å². The predicted molar refractivity (Wildman–Crippen MR) is 88.1 cm³/mol. The molecule has 0 heterocycles. The molecule has 0 spiro atoms. The van der Waals surface area contributed by atoms with E-state index in [-0.39, 0.29) is 17.5 Å². The average molecular weight is 322 g/mol. The standard InChI is InChI=1S/C15H20ClN5O/c1-5-21(14(22)20-15(2,3)4)13(18)19-12-7-6-10(9-17)8-11(12)16/h6-8H,5H2,1-4H3,(H2,18,19)(H,20,22). The van der Waals surface area contributed by atoms with Gasteiger partial charge in [-0.2, -0.15) is 5.26 Å². The molecule has 0 unspecified atom stereocenters. The van der Waals surface area contributed by atoms with Crippen molar-refractivity contribution in [2.45, 2.75) is 33.2 Å². The summed E-state index contributed by atoms with van der Waals surface area (Å²) in [4.78, 5) is 17.7. The predicted octanol–water partition coefficient (Wildman–Crippen LogP) is 2.99. The fourth-order valence-electron chi connectivity index (χ4n) is 1.65. The van der Waals surface area contributed by atoms with Gasteiger partial charge in [-0.3, -0.25) is 4.90 Å². The Hall–Kier alpha value is -2.26. The Kier molecular flexibility index (Phi) is 5.77. The van der Waals surface area contributed by atoms with Gasteiger partial charge in [0, 0.05) is 12.1 Å². The number of nitriles is 1. The Bertz CT molecular complexity index is 628. The zero-order valence-electron chi connectivity index (χ0n) is 13.1. The van der Waals surface area contributed by atoms with Crippen LogP contribution in [0, 0.1) is 11.3 Å². The molecule has 0 bridgehead atoms. The van der Waals surface area contributed by atoms with E-state index in [4.69, 9.17) is 22.6 Å². The van der Waals surface area contributed by atoms with E-state index in [2.05, 4.69) is 10.3 Å². The van der Waals surface area contributed by atoms with Gasteiger partial charge in [-0.1, -0.05) is 11.6 Å². The molecule has 118 valence electrons. The molecular weight excluding hydrogens is 302 g/mol. The highest BCUT2D eigenvalue weighted by Gasteiger charge is 2.21. The van der Waals surface area contributed by atoms with E-state index in [0.717, 1.165) is 0 Å². The molecule has 6 nitrogen and oxygen atoms in total. The number of carbonyl (C=O) groups excluding carboxylic acids is 1. The molecular formula is C15H20ClN5O. The summed E-state index contributed by atoms with van der Waals surface area (Å²) in [6.45, 7) is 7.80. The number of hydrogen-bond acceptors (Lipinski definition) is 3. The van der Waals surface area contributed by atoms with Crippen LogP contribution in [0.15, 0.2) is 23.2 Å². The highest BCUT2D eigenvalue weighted by Crippen LogP contribution is 2.25. The number of urea groups is 1. The first kappa shape index (κ1) is 17.8. The lowest BCUT2D eigenvalue weighted by atomic mass is 10.1. The van der Waals surface area contributed by atoms with Crippen molar-refractivity contribution in [3.8, 4) is 6.07 Å². The fourth-order valence-corrected chi connectivity index (χ4v) is 1.87. The van der Waals surface area contributed by atoms with Crippen molar-refractivity contribution in [2.75, 3.05) is 6.54 Å². The average Bonchev–Trinajstić information content (AvgIpc) is 2.39. The molecule has 3 N–H and O–H groups in total. The number of rotatable bonds is 2. The second-order valence-electron chi connectivity index (χ2n) is 5.67. The van der Waals surface area contributed by atoms with Crippen molar-refractivity contribution in [3.05, 3.63) is 28.8 Å². The number of amides is 2. The molecule has 0 aliphatic heterocycles. The molecule has 1 rings (SSSR count). The summed E-state index contributed by atoms with van der Waals surface area (Å²) in [6.07, 6.45) is 0.